The van der Waals surface area contributed by atoms with Crippen molar-refractivity contribution in [2.45, 2.75) is 47.9 Å². The topological polar surface area (TPSA) is 256 Å². The molecule has 0 radical (unpaired) electrons. The number of hydrogen-bond donors (Lipinski definition) is 7. The Labute approximate surface area is 160 Å². The zero-order valence-electron chi connectivity index (χ0n) is 14.0. The van der Waals surface area contributed by atoms with E-state index in [0.29, 0.717) is 0 Å². The van der Waals surface area contributed by atoms with Crippen molar-refractivity contribution in [3.63, 3.8) is 0 Å². The molecule has 17 heteroatoms. The van der Waals surface area contributed by atoms with Crippen molar-refractivity contribution in [1.82, 2.24) is 0 Å². The first-order valence-electron chi connectivity index (χ1n) is 7.77. The molecule has 16 nitrogen and oxygen atoms in total. The van der Waals surface area contributed by atoms with Crippen LogP contribution in [0.2, 0.25) is 0 Å². The summed E-state index contributed by atoms with van der Waals surface area (Å²) in [6.45, 7) is -2.29. The Hall–Kier alpha value is -1.51. The van der Waals surface area contributed by atoms with E-state index in [1.165, 1.54) is 0 Å². The highest BCUT2D eigenvalue weighted by Gasteiger charge is 2.86. The van der Waals surface area contributed by atoms with E-state index in [2.05, 4.69) is 17.8 Å². The lowest BCUT2D eigenvalue weighted by molar-refractivity contribution is -0.482. The van der Waals surface area contributed by atoms with Crippen LogP contribution in [0, 0.1) is 0 Å². The molecular formula is C12H16O16S. The van der Waals surface area contributed by atoms with Gasteiger partial charge in [0.05, 0.1) is 13.2 Å². The molecule has 3 aliphatic heterocycles. The highest BCUT2D eigenvalue weighted by atomic mass is 32.3. The summed E-state index contributed by atoms with van der Waals surface area (Å²) in [6, 6.07) is 0. The molecule has 3 rings (SSSR count). The molecule has 0 aromatic rings. The number of aliphatic hydroxyl groups excluding tert-OH is 5. The summed E-state index contributed by atoms with van der Waals surface area (Å²) in [5, 5.41) is 69.6. The molecular weight excluding hydrogens is 432 g/mol. The first-order chi connectivity index (χ1) is 13.3. The summed E-state index contributed by atoms with van der Waals surface area (Å²) in [6.07, 6.45) is -11.2. The van der Waals surface area contributed by atoms with E-state index in [1.807, 2.05) is 0 Å². The minimum Gasteiger partial charge on any atom is -0.444 e. The smallest absolute Gasteiger partial charge is 0.409 e. The summed E-state index contributed by atoms with van der Waals surface area (Å²) in [5.41, 5.74) is -3.89. The van der Waals surface area contributed by atoms with Gasteiger partial charge in [-0.05, 0) is 0 Å². The van der Waals surface area contributed by atoms with Gasteiger partial charge in [-0.3, -0.25) is 0 Å². The van der Waals surface area contributed by atoms with Crippen LogP contribution in [0.5, 0.6) is 0 Å². The highest BCUT2D eigenvalue weighted by molar-refractivity contribution is 7.82. The van der Waals surface area contributed by atoms with Crippen LogP contribution in [0.25, 0.3) is 0 Å². The van der Waals surface area contributed by atoms with Crippen molar-refractivity contribution in [1.29, 1.82) is 0 Å². The normalized spacial score (nSPS) is 46.4. The van der Waals surface area contributed by atoms with Crippen LogP contribution in [0.15, 0.2) is 0 Å². The van der Waals surface area contributed by atoms with E-state index in [4.69, 9.17) is 9.84 Å². The van der Waals surface area contributed by atoms with Gasteiger partial charge < -0.3 is 50.0 Å². The van der Waals surface area contributed by atoms with E-state index >= 15 is 0 Å². The van der Waals surface area contributed by atoms with E-state index < -0.39 is 83.4 Å². The average molecular weight is 448 g/mol. The van der Waals surface area contributed by atoms with Crippen LogP contribution in [-0.2, 0) is 42.6 Å². The molecule has 7 N–H and O–H groups in total. The summed E-state index contributed by atoms with van der Waals surface area (Å²) >= 11 is 0. The van der Waals surface area contributed by atoms with E-state index in [0.717, 1.165) is 0 Å². The Kier molecular flexibility index (Phi) is 5.16. The summed E-state index contributed by atoms with van der Waals surface area (Å²) < 4.78 is 44.6. The monoisotopic (exact) mass is 448 g/mol. The molecule has 7 atom stereocenters. The summed E-state index contributed by atoms with van der Waals surface area (Å²) in [7, 11) is -4.97. The molecule has 0 spiro atoms. The number of aliphatic hydroxyl groups is 7. The maximum absolute atomic E-state index is 12.6. The van der Waals surface area contributed by atoms with Crippen LogP contribution in [0.1, 0.15) is 0 Å². The van der Waals surface area contributed by atoms with Crippen LogP contribution in [0.3, 0.4) is 0 Å². The van der Waals surface area contributed by atoms with E-state index in [1.54, 1.807) is 0 Å². The fourth-order valence-corrected chi connectivity index (χ4v) is 3.92. The third-order valence-electron chi connectivity index (χ3n) is 4.56. The molecule has 3 fully saturated rings. The fourth-order valence-electron chi connectivity index (χ4n) is 3.11. The molecule has 3 heterocycles. The Morgan fingerprint density at radius 2 is 1.55 bits per heavy atom. The van der Waals surface area contributed by atoms with Gasteiger partial charge in [0.25, 0.3) is 5.79 Å². The second-order valence-corrected chi connectivity index (χ2v) is 7.45. The van der Waals surface area contributed by atoms with Crippen LogP contribution >= 0.6 is 0 Å². The molecule has 0 saturated carbocycles. The van der Waals surface area contributed by atoms with Gasteiger partial charge in [-0.2, -0.15) is 16.8 Å². The molecule has 3 saturated heterocycles. The predicted molar refractivity (Wildman–Crippen MR) is 76.8 cm³/mol. The third-order valence-corrected chi connectivity index (χ3v) is 5.42. The summed E-state index contributed by atoms with van der Waals surface area (Å²) in [4.78, 5) is 24.7. The lowest BCUT2D eigenvalue weighted by atomic mass is 9.78. The van der Waals surface area contributed by atoms with Crippen LogP contribution in [-0.4, -0.2) is 117 Å². The lowest BCUT2D eigenvalue weighted by Crippen LogP contribution is -2.87. The molecule has 0 amide bonds. The number of carbonyl (C=O) groups excluding carboxylic acids is 2. The number of esters is 2. The second-order valence-electron chi connectivity index (χ2n) is 6.30. The SMILES string of the molecule is O=C1OC(C2(O)OS(=O)(=O)O2)([C@@]2(O)O[C@H](CO)[C@H](O)[C@H](O)[C@H]2O)C(=O)OC1CO. The van der Waals surface area contributed by atoms with Crippen molar-refractivity contribution in [3.8, 4) is 0 Å². The molecule has 2 unspecified atom stereocenters. The molecule has 0 bridgehead atoms. The first-order valence-corrected chi connectivity index (χ1v) is 9.10. The van der Waals surface area contributed by atoms with Gasteiger partial charge in [-0.25, -0.2) is 9.59 Å². The van der Waals surface area contributed by atoms with Crippen LogP contribution in [0.4, 0.5) is 0 Å². The number of carbonyl (C=O) groups is 2. The Balaban J connectivity index is 2.18. The number of cyclic esters (lactones) is 2. The zero-order valence-corrected chi connectivity index (χ0v) is 14.8. The van der Waals surface area contributed by atoms with Gasteiger partial charge in [0.2, 0.25) is 6.10 Å². The zero-order chi connectivity index (χ0) is 22.0. The van der Waals surface area contributed by atoms with Crippen molar-refractivity contribution in [3.05, 3.63) is 0 Å². The average Bonchev–Trinajstić information content (AvgIpc) is 2.62. The van der Waals surface area contributed by atoms with Gasteiger partial charge in [0, 0.05) is 0 Å². The van der Waals surface area contributed by atoms with Gasteiger partial charge in [-0.15, -0.1) is 0 Å². The summed E-state index contributed by atoms with van der Waals surface area (Å²) in [5.74, 6) is -11.4. The van der Waals surface area contributed by atoms with Crippen LogP contribution < -0.4 is 0 Å². The number of ether oxygens (including phenoxy) is 3. The third kappa shape index (κ3) is 2.86. The molecule has 29 heavy (non-hydrogen) atoms. The van der Waals surface area contributed by atoms with Gasteiger partial charge in [-0.1, -0.05) is 0 Å². The lowest BCUT2D eigenvalue weighted by Gasteiger charge is -2.57. The quantitative estimate of drug-likeness (QED) is 0.197. The van der Waals surface area contributed by atoms with E-state index in [-0.39, 0.29) is 0 Å². The Morgan fingerprint density at radius 3 is 2.03 bits per heavy atom. The number of hydrogen-bond acceptors (Lipinski definition) is 16. The maximum atomic E-state index is 12.6. The molecule has 3 aliphatic rings. The first kappa shape index (κ1) is 22.2. The molecule has 166 valence electrons. The largest absolute Gasteiger partial charge is 0.444 e. The van der Waals surface area contributed by atoms with E-state index in [9.17, 15) is 48.6 Å². The van der Waals surface area contributed by atoms with Gasteiger partial charge >= 0.3 is 33.9 Å². The van der Waals surface area contributed by atoms with Crippen molar-refractivity contribution in [2.24, 2.45) is 0 Å². The number of rotatable bonds is 4. The molecule has 0 aromatic heterocycles. The standard InChI is InChI=1S/C12H16O16S/c13-1-3-5(15)6(16)7(17)11(20,25-3)10(12(21)27-29(22,23)28-12)9(19)24-4(2-14)8(18)26-10/h3-7,13-17,20-21H,1-2H2/t3-,4?,5+,6+,7-,10?,11+/m1/s1. The van der Waals surface area contributed by atoms with Crippen molar-refractivity contribution < 1.29 is 76.3 Å². The van der Waals surface area contributed by atoms with Gasteiger partial charge in [0.1, 0.15) is 24.4 Å². The Bertz CT molecular complexity index is 797. The predicted octanol–water partition coefficient (Wildman–Crippen LogP) is -6.71. The minimum atomic E-state index is -4.97. The van der Waals surface area contributed by atoms with Crippen molar-refractivity contribution >= 4 is 22.3 Å². The highest BCUT2D eigenvalue weighted by Crippen LogP contribution is 2.52. The second kappa shape index (κ2) is 6.75. The fraction of sp³-hybridized carbons (Fsp3) is 0.833. The Morgan fingerprint density at radius 1 is 0.966 bits per heavy atom. The minimum absolute atomic E-state index is 1.14. The van der Waals surface area contributed by atoms with Crippen molar-refractivity contribution in [2.75, 3.05) is 13.2 Å². The maximum Gasteiger partial charge on any atom is 0.409 e. The molecule has 0 aliphatic carbocycles. The molecule has 0 aromatic carbocycles. The van der Waals surface area contributed by atoms with Gasteiger partial charge in [0.15, 0.2) is 0 Å².